The number of carbonyl (C=O) groups excluding carboxylic acids is 1. The minimum atomic E-state index is 0.108. The van der Waals surface area contributed by atoms with Crippen LogP contribution >= 0.6 is 11.8 Å². The molecular weight excluding hydrogens is 378 g/mol. The molecule has 152 valence electrons. The van der Waals surface area contributed by atoms with Crippen LogP contribution in [0.15, 0.2) is 53.7 Å². The molecule has 2 aromatic carbocycles. The van der Waals surface area contributed by atoms with Crippen LogP contribution in [0.5, 0.6) is 0 Å². The number of hydrogen-bond donors (Lipinski definition) is 0. The third kappa shape index (κ3) is 5.15. The number of benzene rings is 2. The first kappa shape index (κ1) is 21.3. The van der Waals surface area contributed by atoms with Crippen LogP contribution in [-0.2, 0) is 18.9 Å². The van der Waals surface area contributed by atoms with E-state index >= 15 is 0 Å². The van der Waals surface area contributed by atoms with Crippen molar-refractivity contribution in [1.29, 1.82) is 0 Å². The van der Waals surface area contributed by atoms with Gasteiger partial charge in [-0.2, -0.15) is 0 Å². The zero-order valence-corrected chi connectivity index (χ0v) is 18.7. The Morgan fingerprint density at radius 3 is 2.24 bits per heavy atom. The number of hydrogen-bond acceptors (Lipinski definition) is 4. The van der Waals surface area contributed by atoms with Crippen LogP contribution in [0.3, 0.4) is 0 Å². The van der Waals surface area contributed by atoms with Gasteiger partial charge in [0.15, 0.2) is 16.8 Å². The van der Waals surface area contributed by atoms with Crippen molar-refractivity contribution in [2.24, 2.45) is 7.05 Å². The highest BCUT2D eigenvalue weighted by atomic mass is 32.2. The van der Waals surface area contributed by atoms with Crippen LogP contribution in [0.4, 0.5) is 0 Å². The molecule has 0 unspecified atom stereocenters. The number of Topliss-reactive ketones (excluding diaryl/α,β-unsaturated/α-hetero) is 1. The zero-order chi connectivity index (χ0) is 21.0. The quantitative estimate of drug-likeness (QED) is 0.372. The van der Waals surface area contributed by atoms with Gasteiger partial charge in [0, 0.05) is 18.2 Å². The van der Waals surface area contributed by atoms with Crippen molar-refractivity contribution in [2.75, 3.05) is 5.75 Å². The fourth-order valence-electron chi connectivity index (χ4n) is 3.17. The van der Waals surface area contributed by atoms with Crippen LogP contribution in [0.2, 0.25) is 0 Å². The predicted octanol–water partition coefficient (Wildman–Crippen LogP) is 5.71. The van der Waals surface area contributed by atoms with E-state index in [1.807, 2.05) is 35.9 Å². The van der Waals surface area contributed by atoms with Crippen LogP contribution in [0, 0.1) is 0 Å². The molecule has 0 spiro atoms. The molecule has 0 N–H and O–H groups in total. The second-order valence-corrected chi connectivity index (χ2v) is 9.29. The topological polar surface area (TPSA) is 47.8 Å². The Kier molecular flexibility index (Phi) is 6.58. The third-order valence-electron chi connectivity index (χ3n) is 4.99. The standard InChI is InChI=1S/C24H29N3OS/c1-6-7-17-8-10-18(11-9-17)21(28)16-29-23-26-25-22(27(23)5)19-12-14-20(15-13-19)24(2,3)4/h8-15H,6-7,16H2,1-5H3. The molecular formula is C24H29N3OS. The molecule has 0 aliphatic carbocycles. The van der Waals surface area contributed by atoms with Gasteiger partial charge in [0.1, 0.15) is 0 Å². The molecule has 0 radical (unpaired) electrons. The molecule has 29 heavy (non-hydrogen) atoms. The Hall–Kier alpha value is -2.40. The lowest BCUT2D eigenvalue weighted by atomic mass is 9.87. The number of nitrogens with zero attached hydrogens (tertiary/aromatic N) is 3. The maximum Gasteiger partial charge on any atom is 0.191 e. The molecule has 0 aliphatic heterocycles. The highest BCUT2D eigenvalue weighted by molar-refractivity contribution is 7.99. The van der Waals surface area contributed by atoms with E-state index in [9.17, 15) is 4.79 Å². The van der Waals surface area contributed by atoms with Crippen LogP contribution < -0.4 is 0 Å². The van der Waals surface area contributed by atoms with E-state index in [0.29, 0.717) is 5.75 Å². The molecule has 0 atom stereocenters. The monoisotopic (exact) mass is 407 g/mol. The summed E-state index contributed by atoms with van der Waals surface area (Å²) in [4.78, 5) is 12.5. The molecule has 1 aromatic heterocycles. The Bertz CT molecular complexity index is 967. The number of carbonyl (C=O) groups is 1. The van der Waals surface area contributed by atoms with Crippen molar-refractivity contribution in [1.82, 2.24) is 14.8 Å². The number of ketones is 1. The second kappa shape index (κ2) is 8.95. The van der Waals surface area contributed by atoms with E-state index in [2.05, 4.69) is 62.2 Å². The molecule has 3 rings (SSSR count). The van der Waals surface area contributed by atoms with Gasteiger partial charge in [-0.3, -0.25) is 4.79 Å². The summed E-state index contributed by atoms with van der Waals surface area (Å²) in [6.07, 6.45) is 2.15. The maximum atomic E-state index is 12.5. The molecule has 0 saturated carbocycles. The molecule has 0 saturated heterocycles. The number of aryl methyl sites for hydroxylation is 1. The average Bonchev–Trinajstić information content (AvgIpc) is 3.07. The summed E-state index contributed by atoms with van der Waals surface area (Å²) in [6, 6.07) is 16.4. The Morgan fingerprint density at radius 2 is 1.66 bits per heavy atom. The number of aromatic nitrogens is 3. The lowest BCUT2D eigenvalue weighted by molar-refractivity contribution is 0.102. The first-order chi connectivity index (χ1) is 13.8. The second-order valence-electron chi connectivity index (χ2n) is 8.35. The molecule has 0 bridgehead atoms. The first-order valence-electron chi connectivity index (χ1n) is 10.0. The molecule has 5 heteroatoms. The molecule has 0 fully saturated rings. The third-order valence-corrected chi connectivity index (χ3v) is 6.01. The van der Waals surface area contributed by atoms with Crippen LogP contribution in [0.1, 0.15) is 55.6 Å². The van der Waals surface area contributed by atoms with E-state index in [0.717, 1.165) is 34.9 Å². The lowest BCUT2D eigenvalue weighted by Gasteiger charge is -2.19. The summed E-state index contributed by atoms with van der Waals surface area (Å²) in [5, 5.41) is 9.38. The van der Waals surface area contributed by atoms with E-state index < -0.39 is 0 Å². The summed E-state index contributed by atoms with van der Waals surface area (Å²) < 4.78 is 1.95. The van der Waals surface area contributed by atoms with E-state index in [4.69, 9.17) is 0 Å². The smallest absolute Gasteiger partial charge is 0.191 e. The maximum absolute atomic E-state index is 12.5. The summed E-state index contributed by atoms with van der Waals surface area (Å²) in [7, 11) is 1.94. The summed E-state index contributed by atoms with van der Waals surface area (Å²) >= 11 is 1.43. The van der Waals surface area contributed by atoms with Crippen LogP contribution in [0.25, 0.3) is 11.4 Å². The van der Waals surface area contributed by atoms with Crippen molar-refractivity contribution >= 4 is 17.5 Å². The molecule has 1 heterocycles. The Labute approximate surface area is 177 Å². The van der Waals surface area contributed by atoms with Gasteiger partial charge in [-0.25, -0.2) is 0 Å². The fourth-order valence-corrected chi connectivity index (χ4v) is 3.98. The van der Waals surface area contributed by atoms with Gasteiger partial charge in [-0.1, -0.05) is 94.4 Å². The largest absolute Gasteiger partial charge is 0.305 e. The van der Waals surface area contributed by atoms with Gasteiger partial charge >= 0.3 is 0 Å². The van der Waals surface area contributed by atoms with Gasteiger partial charge in [-0.05, 0) is 23.0 Å². The highest BCUT2D eigenvalue weighted by Gasteiger charge is 2.16. The fraction of sp³-hybridized carbons (Fsp3) is 0.375. The molecule has 0 aliphatic rings. The minimum absolute atomic E-state index is 0.108. The SMILES string of the molecule is CCCc1ccc(C(=O)CSc2nnc(-c3ccc(C(C)(C)C)cc3)n2C)cc1. The van der Waals surface area contributed by atoms with Crippen molar-refractivity contribution in [3.63, 3.8) is 0 Å². The van der Waals surface area contributed by atoms with Crippen molar-refractivity contribution in [3.8, 4) is 11.4 Å². The minimum Gasteiger partial charge on any atom is -0.305 e. The highest BCUT2D eigenvalue weighted by Crippen LogP contribution is 2.27. The number of rotatable bonds is 7. The van der Waals surface area contributed by atoms with Gasteiger partial charge in [0.2, 0.25) is 0 Å². The summed E-state index contributed by atoms with van der Waals surface area (Å²) in [5.41, 5.74) is 4.45. The molecule has 4 nitrogen and oxygen atoms in total. The normalized spacial score (nSPS) is 11.6. The Balaban J connectivity index is 1.67. The van der Waals surface area contributed by atoms with Crippen molar-refractivity contribution in [3.05, 3.63) is 65.2 Å². The van der Waals surface area contributed by atoms with E-state index in [-0.39, 0.29) is 11.2 Å². The van der Waals surface area contributed by atoms with Gasteiger partial charge in [0.05, 0.1) is 5.75 Å². The average molecular weight is 408 g/mol. The van der Waals surface area contributed by atoms with Gasteiger partial charge in [0.25, 0.3) is 0 Å². The first-order valence-corrected chi connectivity index (χ1v) is 11.0. The van der Waals surface area contributed by atoms with Gasteiger partial charge in [-0.15, -0.1) is 10.2 Å². The summed E-state index contributed by atoms with van der Waals surface area (Å²) in [5.74, 6) is 1.27. The van der Waals surface area contributed by atoms with Crippen molar-refractivity contribution in [2.45, 2.75) is 51.1 Å². The van der Waals surface area contributed by atoms with E-state index in [1.54, 1.807) is 0 Å². The van der Waals surface area contributed by atoms with Crippen LogP contribution in [-0.4, -0.2) is 26.3 Å². The predicted molar refractivity (Wildman–Crippen MR) is 121 cm³/mol. The van der Waals surface area contributed by atoms with E-state index in [1.165, 1.54) is 22.9 Å². The van der Waals surface area contributed by atoms with Crippen molar-refractivity contribution < 1.29 is 4.79 Å². The Morgan fingerprint density at radius 1 is 1.00 bits per heavy atom. The summed E-state index contributed by atoms with van der Waals surface area (Å²) in [6.45, 7) is 8.76. The van der Waals surface area contributed by atoms with Gasteiger partial charge < -0.3 is 4.57 Å². The lowest BCUT2D eigenvalue weighted by Crippen LogP contribution is -2.10. The number of thioether (sulfide) groups is 1. The molecule has 0 amide bonds. The molecule has 3 aromatic rings. The zero-order valence-electron chi connectivity index (χ0n) is 17.9.